The predicted molar refractivity (Wildman–Crippen MR) is 205 cm³/mol. The van der Waals surface area contributed by atoms with Crippen molar-refractivity contribution in [3.8, 4) is 0 Å². The van der Waals surface area contributed by atoms with Crippen LogP contribution in [0.4, 0.5) is 5.69 Å². The van der Waals surface area contributed by atoms with E-state index >= 15 is 0 Å². The van der Waals surface area contributed by atoms with Crippen molar-refractivity contribution in [3.63, 3.8) is 0 Å². The van der Waals surface area contributed by atoms with Gasteiger partial charge in [0.05, 0.1) is 17.1 Å². The Kier molecular flexibility index (Phi) is 19.6. The molecule has 312 valence electrons. The van der Waals surface area contributed by atoms with Crippen LogP contribution in [-0.2, 0) is 40.0 Å². The standard InChI is InChI=1S/C35H55N9O11S/c1-18(2)27(33(51)39-24(30(37)48)16-21-9-11-22(12-10-21)44(54)55)41-34(52)29(20(4)46)43-35(53)28(19(3)45)42-32(50)25-17-56-15-7-5-6-8-26(47)38-23(13-14-36)31(49)40-25/h9-12,18-20,23-25,27-29,45-46H,5-8,13-17,36H2,1-4H3,(H2,37,48)(H,38,47)(H,39,51)(H,40,49)(H,41,52)(H,42,50)(H,43,53)/t19-,20-,23?,24+,25?,27+,28+,29+/m1/s1. The van der Waals surface area contributed by atoms with Crippen molar-refractivity contribution in [1.29, 1.82) is 0 Å². The van der Waals surface area contributed by atoms with Crippen LogP contribution in [0.5, 0.6) is 0 Å². The van der Waals surface area contributed by atoms with Gasteiger partial charge in [0.25, 0.3) is 5.69 Å². The molecule has 12 N–H and O–H groups in total. The molecule has 0 spiro atoms. The topological polar surface area (TPSA) is 327 Å². The SMILES string of the molecule is CC(C)[C@H](NC(=O)[C@@H](NC(=O)[C@@H](NC(=O)C1CSCCCCCC(=O)NC(CCN)C(=O)N1)[C@@H](C)O)[C@@H](C)O)C(=O)N[C@@H](Cc1ccc([N+](=O)[O-])cc1)C(N)=O. The first-order chi connectivity index (χ1) is 26.4. The third-order valence-corrected chi connectivity index (χ3v) is 9.98. The first kappa shape index (κ1) is 47.3. The highest BCUT2D eigenvalue weighted by atomic mass is 32.2. The Bertz CT molecular complexity index is 1540. The van der Waals surface area contributed by atoms with E-state index in [9.17, 15) is 53.9 Å². The molecule has 56 heavy (non-hydrogen) atoms. The minimum absolute atomic E-state index is 0.0764. The van der Waals surface area contributed by atoms with Crippen LogP contribution in [0.15, 0.2) is 24.3 Å². The van der Waals surface area contributed by atoms with E-state index < -0.39 is 94.7 Å². The molecule has 2 rings (SSSR count). The second-order valence-corrected chi connectivity index (χ2v) is 15.1. The summed E-state index contributed by atoms with van der Waals surface area (Å²) in [4.78, 5) is 102. The number of carbonyl (C=O) groups is 7. The summed E-state index contributed by atoms with van der Waals surface area (Å²) in [6.45, 7) is 5.64. The molecule has 0 aromatic heterocycles. The molecule has 2 unspecified atom stereocenters. The minimum atomic E-state index is -1.71. The largest absolute Gasteiger partial charge is 0.391 e. The van der Waals surface area contributed by atoms with Crippen molar-refractivity contribution in [2.75, 3.05) is 18.1 Å². The van der Waals surface area contributed by atoms with E-state index in [-0.39, 0.29) is 43.2 Å². The molecule has 21 heteroatoms. The Morgan fingerprint density at radius 2 is 1.45 bits per heavy atom. The van der Waals surface area contributed by atoms with Gasteiger partial charge in [-0.05, 0) is 56.9 Å². The molecule has 0 radical (unpaired) electrons. The first-order valence-corrected chi connectivity index (χ1v) is 19.5. The third-order valence-electron chi connectivity index (χ3n) is 8.84. The number of nitro groups is 1. The number of nitro benzene ring substituents is 1. The Balaban J connectivity index is 2.20. The molecular formula is C35H55N9O11S. The van der Waals surface area contributed by atoms with Gasteiger partial charge in [-0.1, -0.05) is 32.4 Å². The van der Waals surface area contributed by atoms with Crippen molar-refractivity contribution in [2.45, 2.75) is 115 Å². The fourth-order valence-corrected chi connectivity index (χ4v) is 6.63. The molecule has 1 aromatic rings. The maximum Gasteiger partial charge on any atom is 0.269 e. The lowest BCUT2D eigenvalue weighted by atomic mass is 10.00. The van der Waals surface area contributed by atoms with Crippen LogP contribution in [0.2, 0.25) is 0 Å². The number of nitrogens with two attached hydrogens (primary N) is 2. The highest BCUT2D eigenvalue weighted by Crippen LogP contribution is 2.15. The monoisotopic (exact) mass is 809 g/mol. The number of benzene rings is 1. The Hall–Kier alpha value is -4.86. The van der Waals surface area contributed by atoms with Gasteiger partial charge in [-0.25, -0.2) is 0 Å². The van der Waals surface area contributed by atoms with Gasteiger partial charge in [-0.3, -0.25) is 43.7 Å². The van der Waals surface area contributed by atoms with Gasteiger partial charge < -0.3 is 53.6 Å². The van der Waals surface area contributed by atoms with Crippen molar-refractivity contribution < 1.29 is 48.7 Å². The van der Waals surface area contributed by atoms with Crippen molar-refractivity contribution in [1.82, 2.24) is 31.9 Å². The molecule has 1 heterocycles. The molecule has 7 amide bonds. The number of amides is 7. The molecule has 1 saturated heterocycles. The number of aliphatic hydroxyl groups is 2. The van der Waals surface area contributed by atoms with Gasteiger partial charge in [0.1, 0.15) is 36.3 Å². The number of nitrogens with zero attached hydrogens (tertiary/aromatic N) is 1. The average molecular weight is 810 g/mol. The zero-order valence-corrected chi connectivity index (χ0v) is 32.8. The lowest BCUT2D eigenvalue weighted by Gasteiger charge is -2.30. The fourth-order valence-electron chi connectivity index (χ4n) is 5.58. The highest BCUT2D eigenvalue weighted by Gasteiger charge is 2.37. The van der Waals surface area contributed by atoms with E-state index in [0.29, 0.717) is 17.7 Å². The zero-order valence-electron chi connectivity index (χ0n) is 31.9. The summed E-state index contributed by atoms with van der Waals surface area (Å²) in [6.07, 6.45) is -0.747. The van der Waals surface area contributed by atoms with Gasteiger partial charge in [0.2, 0.25) is 41.4 Å². The number of hydrogen-bond donors (Lipinski definition) is 10. The molecule has 8 atom stereocenters. The van der Waals surface area contributed by atoms with Crippen LogP contribution >= 0.6 is 11.8 Å². The van der Waals surface area contributed by atoms with Crippen LogP contribution in [0.25, 0.3) is 0 Å². The number of carbonyl (C=O) groups excluding carboxylic acids is 7. The average Bonchev–Trinajstić information content (AvgIpc) is 3.13. The molecule has 0 saturated carbocycles. The fraction of sp³-hybridized carbons (Fsp3) is 0.629. The summed E-state index contributed by atoms with van der Waals surface area (Å²) in [5.74, 6) is -5.55. The summed E-state index contributed by atoms with van der Waals surface area (Å²) in [7, 11) is 0. The van der Waals surface area contributed by atoms with Crippen molar-refractivity contribution >= 4 is 58.8 Å². The van der Waals surface area contributed by atoms with Gasteiger partial charge in [0, 0.05) is 30.7 Å². The van der Waals surface area contributed by atoms with Gasteiger partial charge >= 0.3 is 0 Å². The number of thioether (sulfide) groups is 1. The summed E-state index contributed by atoms with van der Waals surface area (Å²) in [5.41, 5.74) is 11.4. The number of rotatable bonds is 17. The Morgan fingerprint density at radius 3 is 1.98 bits per heavy atom. The van der Waals surface area contributed by atoms with Crippen molar-refractivity contribution in [3.05, 3.63) is 39.9 Å². The lowest BCUT2D eigenvalue weighted by molar-refractivity contribution is -0.384. The molecule has 1 fully saturated rings. The lowest BCUT2D eigenvalue weighted by Crippen LogP contribution is -2.63. The van der Waals surface area contributed by atoms with E-state index in [1.54, 1.807) is 13.8 Å². The van der Waals surface area contributed by atoms with Gasteiger partial charge in [-0.15, -0.1) is 0 Å². The number of primary amides is 1. The van der Waals surface area contributed by atoms with E-state index in [1.165, 1.54) is 49.9 Å². The summed E-state index contributed by atoms with van der Waals surface area (Å²) in [6, 6.07) is -2.93. The minimum Gasteiger partial charge on any atom is -0.391 e. The van der Waals surface area contributed by atoms with E-state index in [2.05, 4.69) is 31.9 Å². The Morgan fingerprint density at radius 1 is 0.875 bits per heavy atom. The normalized spacial score (nSPS) is 20.1. The summed E-state index contributed by atoms with van der Waals surface area (Å²) < 4.78 is 0. The number of nitrogens with one attached hydrogen (secondary N) is 6. The number of hydrogen-bond acceptors (Lipinski definition) is 13. The summed E-state index contributed by atoms with van der Waals surface area (Å²) in [5, 5.41) is 47.0. The maximum absolute atomic E-state index is 13.5. The Labute approximate surface area is 328 Å². The quantitative estimate of drug-likeness (QED) is 0.0581. The second-order valence-electron chi connectivity index (χ2n) is 13.9. The van der Waals surface area contributed by atoms with Crippen LogP contribution in [0, 0.1) is 16.0 Å². The molecule has 1 aliphatic rings. The molecular weight excluding hydrogens is 755 g/mol. The number of non-ortho nitro benzene ring substituents is 1. The van der Waals surface area contributed by atoms with Gasteiger partial charge in [-0.2, -0.15) is 11.8 Å². The van der Waals surface area contributed by atoms with Crippen LogP contribution in [-0.4, -0.2) is 123 Å². The van der Waals surface area contributed by atoms with Crippen LogP contribution in [0.1, 0.15) is 65.4 Å². The molecule has 1 aliphatic heterocycles. The smallest absolute Gasteiger partial charge is 0.269 e. The molecule has 20 nitrogen and oxygen atoms in total. The third kappa shape index (κ3) is 15.3. The van der Waals surface area contributed by atoms with Crippen LogP contribution < -0.4 is 43.4 Å². The van der Waals surface area contributed by atoms with E-state index in [0.717, 1.165) is 12.8 Å². The zero-order chi connectivity index (χ0) is 42.1. The van der Waals surface area contributed by atoms with E-state index in [1.807, 2.05) is 0 Å². The molecule has 1 aromatic carbocycles. The molecule has 0 aliphatic carbocycles. The highest BCUT2D eigenvalue weighted by molar-refractivity contribution is 7.99. The summed E-state index contributed by atoms with van der Waals surface area (Å²) >= 11 is 1.37. The maximum atomic E-state index is 13.5. The van der Waals surface area contributed by atoms with Crippen LogP contribution in [0.3, 0.4) is 0 Å². The second kappa shape index (κ2) is 23.3. The predicted octanol–water partition coefficient (Wildman–Crippen LogP) is -2.39. The first-order valence-electron chi connectivity index (χ1n) is 18.3. The van der Waals surface area contributed by atoms with E-state index in [4.69, 9.17) is 11.5 Å². The van der Waals surface area contributed by atoms with Crippen molar-refractivity contribution in [2.24, 2.45) is 17.4 Å². The van der Waals surface area contributed by atoms with Gasteiger partial charge in [0.15, 0.2) is 0 Å². The molecule has 0 bridgehead atoms. The number of aliphatic hydroxyl groups excluding tert-OH is 2.